The van der Waals surface area contributed by atoms with Crippen LogP contribution in [0.4, 0.5) is 10.5 Å². The van der Waals surface area contributed by atoms with E-state index in [1.165, 1.54) is 0 Å². The Morgan fingerprint density at radius 3 is 2.56 bits per heavy atom. The van der Waals surface area contributed by atoms with E-state index in [-0.39, 0.29) is 6.03 Å². The molecule has 0 spiro atoms. The number of anilines is 1. The van der Waals surface area contributed by atoms with Gasteiger partial charge in [0.05, 0.1) is 0 Å². The highest BCUT2D eigenvalue weighted by Gasteiger charge is 2.01. The second kappa shape index (κ2) is 7.84. The van der Waals surface area contributed by atoms with Gasteiger partial charge in [-0.1, -0.05) is 12.1 Å². The van der Waals surface area contributed by atoms with Crippen LogP contribution >= 0.6 is 0 Å². The molecule has 0 saturated heterocycles. The Labute approximate surface area is 110 Å². The van der Waals surface area contributed by atoms with Crippen LogP contribution in [0.25, 0.3) is 0 Å². The summed E-state index contributed by atoms with van der Waals surface area (Å²) in [5.41, 5.74) is 7.23. The summed E-state index contributed by atoms with van der Waals surface area (Å²) in [6.07, 6.45) is 2.36. The van der Waals surface area contributed by atoms with Crippen molar-refractivity contribution in [2.75, 3.05) is 23.9 Å². The second-order valence-electron chi connectivity index (χ2n) is 3.91. The van der Waals surface area contributed by atoms with Gasteiger partial charge in [0.2, 0.25) is 0 Å². The molecule has 0 aliphatic rings. The van der Waals surface area contributed by atoms with E-state index >= 15 is 0 Å². The molecule has 1 atom stereocenters. The molecule has 0 radical (unpaired) electrons. The number of urea groups is 1. The number of nitrogens with one attached hydrogen (secondary N) is 2. The van der Waals surface area contributed by atoms with Crippen LogP contribution in [0.1, 0.15) is 12.0 Å². The first kappa shape index (κ1) is 14.7. The van der Waals surface area contributed by atoms with E-state index in [1.54, 1.807) is 6.26 Å². The third-order valence-corrected chi connectivity index (χ3v) is 3.21. The molecule has 1 rings (SSSR count). The normalized spacial score (nSPS) is 11.9. The maximum Gasteiger partial charge on any atom is 0.319 e. The first-order valence-electron chi connectivity index (χ1n) is 5.75. The molecular weight excluding hydrogens is 250 g/mol. The van der Waals surface area contributed by atoms with Gasteiger partial charge in [-0.3, -0.25) is 4.21 Å². The minimum atomic E-state index is -0.806. The minimum absolute atomic E-state index is 0.252. The molecule has 0 aliphatic heterocycles. The molecule has 1 aromatic carbocycles. The summed E-state index contributed by atoms with van der Waals surface area (Å²) >= 11 is 0. The van der Waals surface area contributed by atoms with Crippen molar-refractivity contribution in [1.82, 2.24) is 5.32 Å². The summed E-state index contributed by atoms with van der Waals surface area (Å²) in [7, 11) is -0.806. The Morgan fingerprint density at radius 1 is 1.33 bits per heavy atom. The lowest BCUT2D eigenvalue weighted by Gasteiger charge is -2.07. The Balaban J connectivity index is 2.28. The van der Waals surface area contributed by atoms with E-state index in [0.717, 1.165) is 11.3 Å². The highest BCUT2D eigenvalue weighted by atomic mass is 32.2. The fraction of sp³-hybridized carbons (Fsp3) is 0.417. The van der Waals surface area contributed by atoms with Crippen LogP contribution in [0.2, 0.25) is 0 Å². The molecule has 0 fully saturated rings. The SMILES string of the molecule is CS(=O)CCCNC(=O)Nc1ccc(CN)cc1. The Hall–Kier alpha value is -1.40. The number of nitrogens with two attached hydrogens (primary N) is 1. The molecule has 0 aromatic heterocycles. The van der Waals surface area contributed by atoms with Crippen molar-refractivity contribution >= 4 is 22.5 Å². The fourth-order valence-electron chi connectivity index (χ4n) is 1.38. The zero-order valence-corrected chi connectivity index (χ0v) is 11.3. The third-order valence-electron chi connectivity index (χ3n) is 2.34. The van der Waals surface area contributed by atoms with Crippen molar-refractivity contribution < 1.29 is 9.00 Å². The van der Waals surface area contributed by atoms with Crippen molar-refractivity contribution in [3.63, 3.8) is 0 Å². The maximum absolute atomic E-state index is 11.5. The third kappa shape index (κ3) is 5.79. The lowest BCUT2D eigenvalue weighted by molar-refractivity contribution is 0.252. The van der Waals surface area contributed by atoms with Crippen LogP contribution in [0, 0.1) is 0 Å². The van der Waals surface area contributed by atoms with Gasteiger partial charge in [-0.25, -0.2) is 4.79 Å². The fourth-order valence-corrected chi connectivity index (χ4v) is 1.93. The molecule has 0 bridgehead atoms. The Bertz CT molecular complexity index is 406. The molecule has 6 heteroatoms. The average Bonchev–Trinajstić information content (AvgIpc) is 2.35. The lowest BCUT2D eigenvalue weighted by atomic mass is 10.2. The van der Waals surface area contributed by atoms with Crippen molar-refractivity contribution in [1.29, 1.82) is 0 Å². The van der Waals surface area contributed by atoms with Gasteiger partial charge in [0.25, 0.3) is 0 Å². The maximum atomic E-state index is 11.5. The van der Waals surface area contributed by atoms with Crippen LogP contribution in [0.3, 0.4) is 0 Å². The van der Waals surface area contributed by atoms with Crippen molar-refractivity contribution in [2.45, 2.75) is 13.0 Å². The van der Waals surface area contributed by atoms with Crippen LogP contribution < -0.4 is 16.4 Å². The largest absolute Gasteiger partial charge is 0.338 e. The Kier molecular flexibility index (Phi) is 6.38. The van der Waals surface area contributed by atoms with Gasteiger partial charge in [0, 0.05) is 41.6 Å². The first-order chi connectivity index (χ1) is 8.61. The molecular formula is C12H19N3O2S. The molecule has 18 heavy (non-hydrogen) atoms. The van der Waals surface area contributed by atoms with Crippen LogP contribution in [-0.2, 0) is 17.3 Å². The number of amides is 2. The highest BCUT2D eigenvalue weighted by Crippen LogP contribution is 2.08. The molecule has 0 aliphatic carbocycles. The monoisotopic (exact) mass is 269 g/mol. The van der Waals surface area contributed by atoms with E-state index in [9.17, 15) is 9.00 Å². The van der Waals surface area contributed by atoms with Crippen LogP contribution in [-0.4, -0.2) is 28.8 Å². The molecule has 5 nitrogen and oxygen atoms in total. The molecule has 2 amide bonds. The summed E-state index contributed by atoms with van der Waals surface area (Å²) < 4.78 is 10.8. The average molecular weight is 269 g/mol. The van der Waals surface area contributed by atoms with Gasteiger partial charge >= 0.3 is 6.03 Å². The summed E-state index contributed by atoms with van der Waals surface area (Å²) in [6, 6.07) is 7.11. The molecule has 1 aromatic rings. The highest BCUT2D eigenvalue weighted by molar-refractivity contribution is 7.84. The van der Waals surface area contributed by atoms with E-state index in [2.05, 4.69) is 10.6 Å². The smallest absolute Gasteiger partial charge is 0.319 e. The van der Waals surface area contributed by atoms with Crippen molar-refractivity contribution in [3.8, 4) is 0 Å². The minimum Gasteiger partial charge on any atom is -0.338 e. The van der Waals surface area contributed by atoms with Gasteiger partial charge in [-0.2, -0.15) is 0 Å². The standard InChI is InChI=1S/C12H19N3O2S/c1-18(17)8-2-7-14-12(16)15-11-5-3-10(9-13)4-6-11/h3-6H,2,7-9,13H2,1H3,(H2,14,15,16). The zero-order valence-electron chi connectivity index (χ0n) is 10.4. The van der Waals surface area contributed by atoms with E-state index in [0.29, 0.717) is 25.3 Å². The van der Waals surface area contributed by atoms with Gasteiger partial charge in [-0.15, -0.1) is 0 Å². The summed E-state index contributed by atoms with van der Waals surface area (Å²) in [4.78, 5) is 11.5. The molecule has 0 saturated carbocycles. The van der Waals surface area contributed by atoms with Crippen LogP contribution in [0.5, 0.6) is 0 Å². The quantitative estimate of drug-likeness (QED) is 0.675. The molecule has 100 valence electrons. The van der Waals surface area contributed by atoms with Crippen LogP contribution in [0.15, 0.2) is 24.3 Å². The van der Waals surface area contributed by atoms with E-state index < -0.39 is 10.8 Å². The van der Waals surface area contributed by atoms with Crippen molar-refractivity contribution in [3.05, 3.63) is 29.8 Å². The Morgan fingerprint density at radius 2 is 2.00 bits per heavy atom. The first-order valence-corrected chi connectivity index (χ1v) is 7.48. The number of carbonyl (C=O) groups is 1. The number of hydrogen-bond donors (Lipinski definition) is 3. The summed E-state index contributed by atoms with van der Waals surface area (Å²) in [5.74, 6) is 0.603. The zero-order chi connectivity index (χ0) is 13.4. The van der Waals surface area contributed by atoms with Gasteiger partial charge in [0.15, 0.2) is 0 Å². The lowest BCUT2D eigenvalue weighted by Crippen LogP contribution is -2.30. The second-order valence-corrected chi connectivity index (χ2v) is 5.47. The van der Waals surface area contributed by atoms with E-state index in [1.807, 2.05) is 24.3 Å². The molecule has 0 heterocycles. The van der Waals surface area contributed by atoms with Gasteiger partial charge in [0.1, 0.15) is 0 Å². The number of carbonyl (C=O) groups excluding carboxylic acids is 1. The number of benzene rings is 1. The topological polar surface area (TPSA) is 84.2 Å². The molecule has 4 N–H and O–H groups in total. The number of rotatable bonds is 6. The van der Waals surface area contributed by atoms with Gasteiger partial charge < -0.3 is 16.4 Å². The predicted molar refractivity (Wildman–Crippen MR) is 74.9 cm³/mol. The van der Waals surface area contributed by atoms with Gasteiger partial charge in [-0.05, 0) is 24.1 Å². The summed E-state index contributed by atoms with van der Waals surface area (Å²) in [6.45, 7) is 1.01. The van der Waals surface area contributed by atoms with E-state index in [4.69, 9.17) is 5.73 Å². The number of hydrogen-bond acceptors (Lipinski definition) is 3. The molecule has 1 unspecified atom stereocenters. The van der Waals surface area contributed by atoms with Crippen molar-refractivity contribution in [2.24, 2.45) is 5.73 Å². The summed E-state index contributed by atoms with van der Waals surface area (Å²) in [5, 5.41) is 5.42. The predicted octanol–water partition coefficient (Wildman–Crippen LogP) is 1.04.